The minimum Gasteiger partial charge on any atom is -0.480 e. The van der Waals surface area contributed by atoms with Gasteiger partial charge in [-0.3, -0.25) is 14.7 Å². The maximum atomic E-state index is 14.5. The van der Waals surface area contributed by atoms with Crippen molar-refractivity contribution in [2.75, 3.05) is 31.1 Å². The van der Waals surface area contributed by atoms with Crippen LogP contribution in [-0.4, -0.2) is 47.1 Å². The molecule has 2 aromatic rings. The predicted molar refractivity (Wildman–Crippen MR) is 98.9 cm³/mol. The number of pyridine rings is 1. The van der Waals surface area contributed by atoms with Crippen molar-refractivity contribution in [2.24, 2.45) is 0 Å². The molecule has 1 N–H and O–H groups in total. The molecule has 0 amide bonds. The van der Waals surface area contributed by atoms with E-state index in [0.717, 1.165) is 24.3 Å². The van der Waals surface area contributed by atoms with Crippen LogP contribution in [0.4, 0.5) is 10.1 Å². The van der Waals surface area contributed by atoms with Crippen molar-refractivity contribution in [1.29, 1.82) is 0 Å². The summed E-state index contributed by atoms with van der Waals surface area (Å²) in [6, 6.07) is 7.99. The molecule has 3 rings (SSSR count). The lowest BCUT2D eigenvalue weighted by molar-refractivity contribution is -0.143. The Hall–Kier alpha value is -2.47. The van der Waals surface area contributed by atoms with Gasteiger partial charge < -0.3 is 10.0 Å². The fourth-order valence-electron chi connectivity index (χ4n) is 3.55. The molecular formula is C20H24FN3O2. The summed E-state index contributed by atoms with van der Waals surface area (Å²) in [6.45, 7) is 6.32. The molecule has 1 unspecified atom stereocenters. The number of hydrogen-bond donors (Lipinski definition) is 1. The summed E-state index contributed by atoms with van der Waals surface area (Å²) in [4.78, 5) is 20.3. The smallest absolute Gasteiger partial charge is 0.325 e. The number of benzene rings is 1. The Balaban J connectivity index is 1.82. The highest BCUT2D eigenvalue weighted by Gasteiger charge is 2.31. The zero-order valence-electron chi connectivity index (χ0n) is 15.2. The van der Waals surface area contributed by atoms with Gasteiger partial charge in [-0.05, 0) is 38.0 Å². The van der Waals surface area contributed by atoms with Crippen molar-refractivity contribution in [1.82, 2.24) is 9.88 Å². The largest absolute Gasteiger partial charge is 0.480 e. The van der Waals surface area contributed by atoms with Crippen molar-refractivity contribution in [3.8, 4) is 0 Å². The molecule has 5 nitrogen and oxygen atoms in total. The normalized spacial score (nSPS) is 17.0. The first kappa shape index (κ1) is 18.3. The molecule has 1 fully saturated rings. The van der Waals surface area contributed by atoms with E-state index in [2.05, 4.69) is 9.88 Å². The van der Waals surface area contributed by atoms with Gasteiger partial charge in [-0.15, -0.1) is 0 Å². The van der Waals surface area contributed by atoms with E-state index in [9.17, 15) is 14.3 Å². The van der Waals surface area contributed by atoms with Crippen LogP contribution in [0, 0.1) is 19.7 Å². The molecule has 1 aromatic heterocycles. The molecule has 1 aliphatic rings. The van der Waals surface area contributed by atoms with Gasteiger partial charge in [0.1, 0.15) is 11.9 Å². The second-order valence-corrected chi connectivity index (χ2v) is 6.75. The summed E-state index contributed by atoms with van der Waals surface area (Å²) in [6.07, 6.45) is 2.61. The van der Waals surface area contributed by atoms with Gasteiger partial charge in [0, 0.05) is 49.3 Å². The van der Waals surface area contributed by atoms with E-state index >= 15 is 0 Å². The second-order valence-electron chi connectivity index (χ2n) is 6.75. The van der Waals surface area contributed by atoms with E-state index < -0.39 is 17.8 Å². The number of halogens is 1. The molecular weight excluding hydrogens is 333 g/mol. The van der Waals surface area contributed by atoms with Crippen LogP contribution in [0.15, 0.2) is 36.5 Å². The van der Waals surface area contributed by atoms with E-state index in [1.165, 1.54) is 0 Å². The Labute approximate surface area is 153 Å². The number of carboxylic acid groups (broad SMARTS) is 1. The third-order valence-corrected chi connectivity index (χ3v) is 4.89. The van der Waals surface area contributed by atoms with Crippen molar-refractivity contribution < 1.29 is 14.3 Å². The first-order valence-electron chi connectivity index (χ1n) is 8.87. The molecule has 0 radical (unpaired) electrons. The fourth-order valence-corrected chi connectivity index (χ4v) is 3.55. The minimum absolute atomic E-state index is 0.241. The second kappa shape index (κ2) is 7.83. The first-order chi connectivity index (χ1) is 12.5. The van der Waals surface area contributed by atoms with Crippen LogP contribution < -0.4 is 4.90 Å². The first-order valence-corrected chi connectivity index (χ1v) is 8.87. The Kier molecular flexibility index (Phi) is 5.52. The predicted octanol–water partition coefficient (Wildman–Crippen LogP) is 3.18. The lowest BCUT2D eigenvalue weighted by Crippen LogP contribution is -2.37. The van der Waals surface area contributed by atoms with Gasteiger partial charge in [0.2, 0.25) is 0 Å². The van der Waals surface area contributed by atoms with Crippen molar-refractivity contribution in [3.63, 3.8) is 0 Å². The van der Waals surface area contributed by atoms with E-state index in [1.807, 2.05) is 24.0 Å². The molecule has 138 valence electrons. The molecule has 0 bridgehead atoms. The molecule has 0 spiro atoms. The summed E-state index contributed by atoms with van der Waals surface area (Å²) in [5.74, 6) is -1.44. The maximum Gasteiger partial charge on any atom is 0.325 e. The van der Waals surface area contributed by atoms with Gasteiger partial charge in [0.15, 0.2) is 0 Å². The van der Waals surface area contributed by atoms with Gasteiger partial charge in [-0.25, -0.2) is 4.39 Å². The van der Waals surface area contributed by atoms with Crippen LogP contribution in [0.5, 0.6) is 0 Å². The Morgan fingerprint density at radius 1 is 1.19 bits per heavy atom. The SMILES string of the molecule is Cc1cc(N2CCCN(C(C(=O)O)c3cccc(C)c3F)CC2)ccn1. The van der Waals surface area contributed by atoms with Crippen LogP contribution in [-0.2, 0) is 4.79 Å². The van der Waals surface area contributed by atoms with Crippen LogP contribution in [0.1, 0.15) is 29.3 Å². The third kappa shape index (κ3) is 3.85. The molecule has 1 atom stereocenters. The Morgan fingerprint density at radius 2 is 2.00 bits per heavy atom. The van der Waals surface area contributed by atoms with Crippen LogP contribution in [0.2, 0.25) is 0 Å². The van der Waals surface area contributed by atoms with Gasteiger partial charge in [0.05, 0.1) is 0 Å². The Morgan fingerprint density at radius 3 is 2.73 bits per heavy atom. The average Bonchev–Trinajstić information content (AvgIpc) is 2.85. The van der Waals surface area contributed by atoms with E-state index in [4.69, 9.17) is 0 Å². The van der Waals surface area contributed by atoms with E-state index in [-0.39, 0.29) is 5.56 Å². The summed E-state index contributed by atoms with van der Waals surface area (Å²) in [7, 11) is 0. The zero-order chi connectivity index (χ0) is 18.7. The number of aliphatic carboxylic acids is 1. The van der Waals surface area contributed by atoms with E-state index in [1.54, 1.807) is 31.3 Å². The van der Waals surface area contributed by atoms with Crippen LogP contribution in [0.3, 0.4) is 0 Å². The molecule has 26 heavy (non-hydrogen) atoms. The highest BCUT2D eigenvalue weighted by atomic mass is 19.1. The maximum absolute atomic E-state index is 14.5. The molecule has 6 heteroatoms. The summed E-state index contributed by atoms with van der Waals surface area (Å²) >= 11 is 0. The summed E-state index contributed by atoms with van der Waals surface area (Å²) in [5, 5.41) is 9.78. The molecule has 0 saturated carbocycles. The summed E-state index contributed by atoms with van der Waals surface area (Å²) < 4.78 is 14.5. The van der Waals surface area contributed by atoms with E-state index in [0.29, 0.717) is 25.2 Å². The number of rotatable bonds is 4. The number of hydrogen-bond acceptors (Lipinski definition) is 4. The number of anilines is 1. The number of carboxylic acids is 1. The Bertz CT molecular complexity index is 796. The zero-order valence-corrected chi connectivity index (χ0v) is 15.2. The molecule has 1 saturated heterocycles. The van der Waals surface area contributed by atoms with Gasteiger partial charge in [0.25, 0.3) is 0 Å². The monoisotopic (exact) mass is 357 g/mol. The van der Waals surface area contributed by atoms with Gasteiger partial charge >= 0.3 is 5.97 Å². The number of aryl methyl sites for hydroxylation is 2. The molecule has 0 aliphatic carbocycles. The lowest BCUT2D eigenvalue weighted by Gasteiger charge is -2.28. The topological polar surface area (TPSA) is 56.7 Å². The number of nitrogens with zero attached hydrogens (tertiary/aromatic N) is 3. The molecule has 2 heterocycles. The molecule has 1 aromatic carbocycles. The van der Waals surface area contributed by atoms with Gasteiger partial charge in [-0.1, -0.05) is 18.2 Å². The van der Waals surface area contributed by atoms with Crippen LogP contribution in [0.25, 0.3) is 0 Å². The standard InChI is InChI=1S/C20H24FN3O2/c1-14-5-3-6-17(18(14)21)19(20(25)26)24-10-4-9-23(11-12-24)16-7-8-22-15(2)13-16/h3,5-8,13,19H,4,9-12H2,1-2H3,(H,25,26). The lowest BCUT2D eigenvalue weighted by atomic mass is 10.0. The van der Waals surface area contributed by atoms with Crippen molar-refractivity contribution in [2.45, 2.75) is 26.3 Å². The quantitative estimate of drug-likeness (QED) is 0.911. The fraction of sp³-hybridized carbons (Fsp3) is 0.400. The number of carbonyl (C=O) groups is 1. The van der Waals surface area contributed by atoms with Crippen LogP contribution >= 0.6 is 0 Å². The van der Waals surface area contributed by atoms with Crippen molar-refractivity contribution >= 4 is 11.7 Å². The van der Waals surface area contributed by atoms with Gasteiger partial charge in [-0.2, -0.15) is 0 Å². The van der Waals surface area contributed by atoms with Crippen molar-refractivity contribution in [3.05, 3.63) is 59.2 Å². The third-order valence-electron chi connectivity index (χ3n) is 4.89. The minimum atomic E-state index is -1.01. The summed E-state index contributed by atoms with van der Waals surface area (Å²) in [5.41, 5.74) is 2.75. The number of aromatic nitrogens is 1. The molecule has 1 aliphatic heterocycles. The average molecular weight is 357 g/mol. The highest BCUT2D eigenvalue weighted by Crippen LogP contribution is 2.27. The highest BCUT2D eigenvalue weighted by molar-refractivity contribution is 5.75.